The van der Waals surface area contributed by atoms with Crippen LogP contribution in [0, 0.1) is 17.3 Å². The monoisotopic (exact) mass is 270 g/mol. The van der Waals surface area contributed by atoms with E-state index in [2.05, 4.69) is 44.4 Å². The van der Waals surface area contributed by atoms with Crippen LogP contribution in [0.1, 0.15) is 40.5 Å². The molecule has 2 nitrogen and oxygen atoms in total. The first-order valence-electron chi connectivity index (χ1n) is 7.40. The summed E-state index contributed by atoms with van der Waals surface area (Å²) >= 11 is 2.11. The van der Waals surface area contributed by atoms with Crippen molar-refractivity contribution in [3.05, 3.63) is 0 Å². The quantitative estimate of drug-likeness (QED) is 0.836. The summed E-state index contributed by atoms with van der Waals surface area (Å²) in [6.45, 7) is 12.9. The maximum Gasteiger partial charge on any atom is 0.0427 e. The highest BCUT2D eigenvalue weighted by atomic mass is 32.2. The Morgan fingerprint density at radius 2 is 1.78 bits per heavy atom. The van der Waals surface area contributed by atoms with Gasteiger partial charge in [0.2, 0.25) is 0 Å². The van der Waals surface area contributed by atoms with E-state index in [4.69, 9.17) is 5.73 Å². The zero-order valence-corrected chi connectivity index (χ0v) is 13.4. The van der Waals surface area contributed by atoms with Crippen molar-refractivity contribution in [3.63, 3.8) is 0 Å². The van der Waals surface area contributed by atoms with Crippen LogP contribution in [0.25, 0.3) is 0 Å². The molecule has 0 amide bonds. The average molecular weight is 270 g/mol. The summed E-state index contributed by atoms with van der Waals surface area (Å²) in [4.78, 5) is 2.74. The summed E-state index contributed by atoms with van der Waals surface area (Å²) in [5.74, 6) is 4.17. The fourth-order valence-corrected chi connectivity index (χ4v) is 5.56. The number of piperidine rings is 1. The number of nitrogens with zero attached hydrogens (tertiary/aromatic N) is 1. The van der Waals surface area contributed by atoms with Crippen LogP contribution in [0.15, 0.2) is 0 Å². The van der Waals surface area contributed by atoms with Gasteiger partial charge in [-0.25, -0.2) is 0 Å². The molecular formula is C15H30N2S. The molecule has 2 fully saturated rings. The van der Waals surface area contributed by atoms with Gasteiger partial charge in [0.05, 0.1) is 0 Å². The third kappa shape index (κ3) is 3.05. The van der Waals surface area contributed by atoms with E-state index < -0.39 is 0 Å². The van der Waals surface area contributed by atoms with Crippen molar-refractivity contribution < 1.29 is 0 Å². The smallest absolute Gasteiger partial charge is 0.0427 e. The molecule has 0 saturated carbocycles. The lowest BCUT2D eigenvalue weighted by atomic mass is 9.77. The van der Waals surface area contributed by atoms with Crippen LogP contribution < -0.4 is 5.73 Å². The second kappa shape index (κ2) is 5.34. The summed E-state index contributed by atoms with van der Waals surface area (Å²) in [5.41, 5.74) is 6.92. The number of likely N-dealkylation sites (tertiary alicyclic amines) is 1. The predicted octanol–water partition coefficient (Wildman–Crippen LogP) is 2.82. The zero-order chi connectivity index (χ0) is 13.4. The number of nitrogens with two attached hydrogens (primary N) is 1. The fraction of sp³-hybridized carbons (Fsp3) is 1.00. The molecule has 2 saturated heterocycles. The van der Waals surface area contributed by atoms with Gasteiger partial charge in [0.25, 0.3) is 0 Å². The van der Waals surface area contributed by atoms with E-state index in [1.165, 1.54) is 37.4 Å². The van der Waals surface area contributed by atoms with Crippen molar-refractivity contribution in [3.8, 4) is 0 Å². The fourth-order valence-electron chi connectivity index (χ4n) is 4.02. The largest absolute Gasteiger partial charge is 0.329 e. The van der Waals surface area contributed by atoms with Crippen molar-refractivity contribution in [1.29, 1.82) is 0 Å². The first-order valence-corrected chi connectivity index (χ1v) is 8.55. The van der Waals surface area contributed by atoms with Crippen LogP contribution in [0.2, 0.25) is 0 Å². The molecule has 0 spiro atoms. The van der Waals surface area contributed by atoms with Gasteiger partial charge in [0.15, 0.2) is 0 Å². The molecule has 0 aromatic rings. The molecule has 0 radical (unpaired) electrons. The van der Waals surface area contributed by atoms with Crippen LogP contribution in [-0.4, -0.2) is 41.6 Å². The molecule has 0 aromatic carbocycles. The van der Waals surface area contributed by atoms with Crippen molar-refractivity contribution in [1.82, 2.24) is 4.90 Å². The molecule has 3 atom stereocenters. The summed E-state index contributed by atoms with van der Waals surface area (Å²) in [7, 11) is 0. The van der Waals surface area contributed by atoms with Crippen LogP contribution in [-0.2, 0) is 0 Å². The minimum absolute atomic E-state index is 0.259. The van der Waals surface area contributed by atoms with Crippen LogP contribution in [0.4, 0.5) is 0 Å². The van der Waals surface area contributed by atoms with Gasteiger partial charge in [-0.3, -0.25) is 4.90 Å². The molecule has 106 valence electrons. The van der Waals surface area contributed by atoms with Gasteiger partial charge in [0.1, 0.15) is 0 Å². The second-order valence-electron chi connectivity index (χ2n) is 7.61. The molecule has 2 aliphatic heterocycles. The lowest BCUT2D eigenvalue weighted by molar-refractivity contribution is 0.0154. The Labute approximate surface area is 117 Å². The summed E-state index contributed by atoms with van der Waals surface area (Å²) < 4.78 is 0. The zero-order valence-electron chi connectivity index (χ0n) is 12.5. The molecule has 0 bridgehead atoms. The van der Waals surface area contributed by atoms with Gasteiger partial charge in [-0.1, -0.05) is 27.7 Å². The molecule has 2 aliphatic rings. The van der Waals surface area contributed by atoms with Gasteiger partial charge in [-0.15, -0.1) is 0 Å². The van der Waals surface area contributed by atoms with Gasteiger partial charge >= 0.3 is 0 Å². The molecule has 2 N–H and O–H groups in total. The Balaban J connectivity index is 2.15. The third-order valence-electron chi connectivity index (χ3n) is 4.59. The maximum absolute atomic E-state index is 6.23. The molecule has 0 aliphatic carbocycles. The molecular weight excluding hydrogens is 240 g/mol. The Morgan fingerprint density at radius 1 is 1.17 bits per heavy atom. The van der Waals surface area contributed by atoms with E-state index in [9.17, 15) is 0 Å². The molecule has 2 rings (SSSR count). The van der Waals surface area contributed by atoms with E-state index in [1.54, 1.807) is 0 Å². The van der Waals surface area contributed by atoms with Gasteiger partial charge in [-0.05, 0) is 35.8 Å². The highest BCUT2D eigenvalue weighted by Crippen LogP contribution is 2.43. The van der Waals surface area contributed by atoms with Crippen LogP contribution >= 0.6 is 11.8 Å². The maximum atomic E-state index is 6.23. The van der Waals surface area contributed by atoms with E-state index in [0.717, 1.165) is 18.4 Å². The van der Waals surface area contributed by atoms with Crippen molar-refractivity contribution in [2.24, 2.45) is 23.0 Å². The Hall–Kier alpha value is 0.270. The highest BCUT2D eigenvalue weighted by molar-refractivity contribution is 7.99. The Morgan fingerprint density at radius 3 is 2.28 bits per heavy atom. The highest BCUT2D eigenvalue weighted by Gasteiger charge is 2.45. The molecule has 3 unspecified atom stereocenters. The van der Waals surface area contributed by atoms with Crippen molar-refractivity contribution in [2.45, 2.75) is 46.1 Å². The van der Waals surface area contributed by atoms with E-state index >= 15 is 0 Å². The van der Waals surface area contributed by atoms with Gasteiger partial charge in [-0.2, -0.15) is 11.8 Å². The normalized spacial score (nSPS) is 41.8. The topological polar surface area (TPSA) is 29.3 Å². The summed E-state index contributed by atoms with van der Waals surface area (Å²) in [5, 5.41) is 0. The molecule has 2 heterocycles. The first-order chi connectivity index (χ1) is 8.37. The lowest BCUT2D eigenvalue weighted by Crippen LogP contribution is -2.62. The average Bonchev–Trinajstić information content (AvgIpc) is 2.26. The SMILES string of the molecule is CC1CC(C)CN(C2(CN)CSCC(C)(C)C2)C1. The van der Waals surface area contributed by atoms with E-state index in [1.807, 2.05) is 0 Å². The van der Waals surface area contributed by atoms with Gasteiger partial charge in [0, 0.05) is 30.9 Å². The van der Waals surface area contributed by atoms with Crippen LogP contribution in [0.5, 0.6) is 0 Å². The van der Waals surface area contributed by atoms with Crippen molar-refractivity contribution in [2.75, 3.05) is 31.1 Å². The minimum Gasteiger partial charge on any atom is -0.329 e. The van der Waals surface area contributed by atoms with Gasteiger partial charge < -0.3 is 5.73 Å². The number of hydrogen-bond acceptors (Lipinski definition) is 3. The number of thioether (sulfide) groups is 1. The lowest BCUT2D eigenvalue weighted by Gasteiger charge is -2.53. The first kappa shape index (κ1) is 14.7. The third-order valence-corrected chi connectivity index (χ3v) is 6.32. The second-order valence-corrected chi connectivity index (χ2v) is 8.60. The Kier molecular flexibility index (Phi) is 4.35. The number of rotatable bonds is 2. The Bertz CT molecular complexity index is 282. The van der Waals surface area contributed by atoms with Crippen LogP contribution in [0.3, 0.4) is 0 Å². The molecule has 0 aromatic heterocycles. The van der Waals surface area contributed by atoms with E-state index in [0.29, 0.717) is 5.41 Å². The summed E-state index contributed by atoms with van der Waals surface area (Å²) in [6, 6.07) is 0. The number of hydrogen-bond donors (Lipinski definition) is 1. The van der Waals surface area contributed by atoms with E-state index in [-0.39, 0.29) is 5.54 Å². The predicted molar refractivity (Wildman–Crippen MR) is 82.0 cm³/mol. The standard InChI is InChI=1S/C15H30N2S/c1-12-5-13(2)7-17(6-12)15(9-16)8-14(3,4)10-18-11-15/h12-13H,5-11,16H2,1-4H3. The minimum atomic E-state index is 0.259. The van der Waals surface area contributed by atoms with Crippen molar-refractivity contribution >= 4 is 11.8 Å². The molecule has 18 heavy (non-hydrogen) atoms. The summed E-state index contributed by atoms with van der Waals surface area (Å²) in [6.07, 6.45) is 2.65. The molecule has 3 heteroatoms.